The third-order valence-corrected chi connectivity index (χ3v) is 4.06. The summed E-state index contributed by atoms with van der Waals surface area (Å²) in [5.74, 6) is 2.15. The van der Waals surface area contributed by atoms with Gasteiger partial charge >= 0.3 is 0 Å². The highest BCUT2D eigenvalue weighted by Crippen LogP contribution is 2.32. The molecule has 0 aliphatic rings. The molecule has 2 aromatic carbocycles. The van der Waals surface area contributed by atoms with E-state index in [1.54, 1.807) is 38.5 Å². The van der Waals surface area contributed by atoms with E-state index in [9.17, 15) is 4.79 Å². The lowest BCUT2D eigenvalue weighted by molar-refractivity contribution is 0.104. The molecule has 0 saturated carbocycles. The van der Waals surface area contributed by atoms with E-state index in [0.29, 0.717) is 35.2 Å². The number of benzene rings is 2. The summed E-state index contributed by atoms with van der Waals surface area (Å²) < 4.78 is 21.7. The van der Waals surface area contributed by atoms with Gasteiger partial charge in [-0.2, -0.15) is 0 Å². The Bertz CT molecular complexity index is 795. The van der Waals surface area contributed by atoms with Crippen LogP contribution in [0.3, 0.4) is 0 Å². The molecule has 2 aromatic rings. The Morgan fingerprint density at radius 3 is 2.48 bits per heavy atom. The van der Waals surface area contributed by atoms with Crippen LogP contribution in [-0.2, 0) is 0 Å². The van der Waals surface area contributed by atoms with Gasteiger partial charge in [-0.3, -0.25) is 4.79 Å². The van der Waals surface area contributed by atoms with E-state index in [0.717, 1.165) is 18.4 Å². The molecular formula is C22H26O5. The van der Waals surface area contributed by atoms with E-state index in [-0.39, 0.29) is 5.78 Å². The predicted molar refractivity (Wildman–Crippen MR) is 106 cm³/mol. The van der Waals surface area contributed by atoms with Crippen molar-refractivity contribution >= 4 is 11.9 Å². The topological polar surface area (TPSA) is 54.0 Å². The van der Waals surface area contributed by atoms with E-state index < -0.39 is 0 Å². The molecule has 0 bridgehead atoms. The van der Waals surface area contributed by atoms with E-state index in [2.05, 4.69) is 6.92 Å². The maximum absolute atomic E-state index is 12.7. The van der Waals surface area contributed by atoms with E-state index in [4.69, 9.17) is 18.9 Å². The molecule has 27 heavy (non-hydrogen) atoms. The molecule has 0 aliphatic carbocycles. The van der Waals surface area contributed by atoms with Crippen LogP contribution in [0.2, 0.25) is 0 Å². The molecule has 144 valence electrons. The molecule has 0 fully saturated rings. The van der Waals surface area contributed by atoms with Crippen molar-refractivity contribution in [2.45, 2.75) is 19.8 Å². The van der Waals surface area contributed by atoms with Crippen LogP contribution in [-0.4, -0.2) is 33.7 Å². The van der Waals surface area contributed by atoms with Gasteiger partial charge < -0.3 is 18.9 Å². The Hall–Kier alpha value is -2.95. The molecule has 0 aromatic heterocycles. The average molecular weight is 370 g/mol. The lowest BCUT2D eigenvalue weighted by Gasteiger charge is -2.11. The Kier molecular flexibility index (Phi) is 7.74. The largest absolute Gasteiger partial charge is 0.497 e. The van der Waals surface area contributed by atoms with Crippen molar-refractivity contribution in [3.05, 3.63) is 53.6 Å². The first kappa shape index (κ1) is 20.4. The fourth-order valence-corrected chi connectivity index (χ4v) is 2.57. The molecule has 2 rings (SSSR count). The van der Waals surface area contributed by atoms with Gasteiger partial charge in [-0.15, -0.1) is 0 Å². The summed E-state index contributed by atoms with van der Waals surface area (Å²) >= 11 is 0. The minimum atomic E-state index is -0.180. The molecule has 0 unspecified atom stereocenters. The summed E-state index contributed by atoms with van der Waals surface area (Å²) in [6.45, 7) is 2.72. The van der Waals surface area contributed by atoms with Crippen molar-refractivity contribution in [2.75, 3.05) is 27.9 Å². The summed E-state index contributed by atoms with van der Waals surface area (Å²) in [5, 5.41) is 0. The normalized spacial score (nSPS) is 10.7. The number of methoxy groups -OCH3 is 3. The van der Waals surface area contributed by atoms with Crippen LogP contribution in [0.4, 0.5) is 0 Å². The highest BCUT2D eigenvalue weighted by Gasteiger charge is 2.14. The van der Waals surface area contributed by atoms with Crippen molar-refractivity contribution in [3.8, 4) is 23.0 Å². The highest BCUT2D eigenvalue weighted by molar-refractivity contribution is 6.09. The lowest BCUT2D eigenvalue weighted by atomic mass is 10.1. The second-order valence-corrected chi connectivity index (χ2v) is 5.84. The van der Waals surface area contributed by atoms with Crippen LogP contribution in [0, 0.1) is 0 Å². The number of ether oxygens (including phenoxy) is 4. The first-order valence-electron chi connectivity index (χ1n) is 8.88. The van der Waals surface area contributed by atoms with E-state index in [1.807, 2.05) is 18.2 Å². The summed E-state index contributed by atoms with van der Waals surface area (Å²) in [4.78, 5) is 12.7. The molecular weight excluding hydrogens is 344 g/mol. The van der Waals surface area contributed by atoms with Gasteiger partial charge in [0.2, 0.25) is 0 Å². The number of hydrogen-bond acceptors (Lipinski definition) is 5. The summed E-state index contributed by atoms with van der Waals surface area (Å²) in [5.41, 5.74) is 1.25. The average Bonchev–Trinajstić information content (AvgIpc) is 2.71. The van der Waals surface area contributed by atoms with Crippen LogP contribution in [0.5, 0.6) is 23.0 Å². The Morgan fingerprint density at radius 2 is 1.81 bits per heavy atom. The van der Waals surface area contributed by atoms with Crippen molar-refractivity contribution < 1.29 is 23.7 Å². The second-order valence-electron chi connectivity index (χ2n) is 5.84. The Labute approximate surface area is 160 Å². The summed E-state index contributed by atoms with van der Waals surface area (Å²) in [6.07, 6.45) is 5.25. The van der Waals surface area contributed by atoms with Gasteiger partial charge in [-0.25, -0.2) is 0 Å². The molecule has 0 saturated heterocycles. The SMILES string of the molecule is CCCCOc1cc(OC)ccc1C=CC(=O)c1cccc(OC)c1OC. The van der Waals surface area contributed by atoms with Crippen LogP contribution in [0.1, 0.15) is 35.7 Å². The first-order valence-corrected chi connectivity index (χ1v) is 8.88. The van der Waals surface area contributed by atoms with Crippen LogP contribution < -0.4 is 18.9 Å². The monoisotopic (exact) mass is 370 g/mol. The van der Waals surface area contributed by atoms with Gasteiger partial charge in [0.15, 0.2) is 17.3 Å². The minimum absolute atomic E-state index is 0.180. The summed E-state index contributed by atoms with van der Waals surface area (Å²) in [6, 6.07) is 10.7. The van der Waals surface area contributed by atoms with Crippen molar-refractivity contribution in [1.82, 2.24) is 0 Å². The smallest absolute Gasteiger partial charge is 0.189 e. The maximum atomic E-state index is 12.7. The predicted octanol–water partition coefficient (Wildman–Crippen LogP) is 4.79. The van der Waals surface area contributed by atoms with Gasteiger partial charge in [0.1, 0.15) is 11.5 Å². The zero-order chi connectivity index (χ0) is 19.6. The van der Waals surface area contributed by atoms with Crippen LogP contribution >= 0.6 is 0 Å². The Morgan fingerprint density at radius 1 is 1.00 bits per heavy atom. The van der Waals surface area contributed by atoms with E-state index in [1.165, 1.54) is 13.2 Å². The number of hydrogen-bond donors (Lipinski definition) is 0. The fraction of sp³-hybridized carbons (Fsp3) is 0.318. The molecule has 5 heteroatoms. The molecule has 0 N–H and O–H groups in total. The lowest BCUT2D eigenvalue weighted by Crippen LogP contribution is -2.01. The third kappa shape index (κ3) is 5.26. The highest BCUT2D eigenvalue weighted by atomic mass is 16.5. The maximum Gasteiger partial charge on any atom is 0.189 e. The number of allylic oxidation sites excluding steroid dienone is 1. The van der Waals surface area contributed by atoms with Gasteiger partial charge in [0.25, 0.3) is 0 Å². The van der Waals surface area contributed by atoms with Crippen LogP contribution in [0.15, 0.2) is 42.5 Å². The van der Waals surface area contributed by atoms with Crippen molar-refractivity contribution in [1.29, 1.82) is 0 Å². The van der Waals surface area contributed by atoms with Gasteiger partial charge in [-0.05, 0) is 42.8 Å². The van der Waals surface area contributed by atoms with Crippen LogP contribution in [0.25, 0.3) is 6.08 Å². The number of carbonyl (C=O) groups is 1. The van der Waals surface area contributed by atoms with Gasteiger partial charge in [0.05, 0.1) is 33.5 Å². The quantitative estimate of drug-likeness (QED) is 0.342. The second kappa shape index (κ2) is 10.3. The molecule has 0 atom stereocenters. The number of ketones is 1. The Balaban J connectivity index is 2.28. The molecule has 5 nitrogen and oxygen atoms in total. The number of carbonyl (C=O) groups excluding carboxylic acids is 1. The van der Waals surface area contributed by atoms with Gasteiger partial charge in [-0.1, -0.05) is 19.4 Å². The number of unbranched alkanes of at least 4 members (excludes halogenated alkanes) is 1. The number of para-hydroxylation sites is 1. The molecule has 0 radical (unpaired) electrons. The molecule has 0 amide bonds. The summed E-state index contributed by atoms with van der Waals surface area (Å²) in [7, 11) is 4.67. The van der Waals surface area contributed by atoms with Gasteiger partial charge in [0, 0.05) is 11.6 Å². The minimum Gasteiger partial charge on any atom is -0.497 e. The van der Waals surface area contributed by atoms with Crippen molar-refractivity contribution in [2.24, 2.45) is 0 Å². The zero-order valence-corrected chi connectivity index (χ0v) is 16.3. The molecule has 0 heterocycles. The van der Waals surface area contributed by atoms with Crippen molar-refractivity contribution in [3.63, 3.8) is 0 Å². The molecule has 0 spiro atoms. The van der Waals surface area contributed by atoms with E-state index >= 15 is 0 Å². The number of rotatable bonds is 10. The molecule has 0 aliphatic heterocycles. The standard InChI is InChI=1S/C22H26O5/c1-5-6-14-27-21-15-17(24-2)12-10-16(21)11-13-19(23)18-8-7-9-20(25-3)22(18)26-4/h7-13,15H,5-6,14H2,1-4H3. The first-order chi connectivity index (χ1) is 13.1. The fourth-order valence-electron chi connectivity index (χ4n) is 2.57. The zero-order valence-electron chi connectivity index (χ0n) is 16.3. The third-order valence-electron chi connectivity index (χ3n) is 4.06.